The Kier molecular flexibility index (Phi) is 8.37. The fraction of sp³-hybridized carbons (Fsp3) is 0.300. The molecule has 0 aliphatic carbocycles. The molecule has 5 heteroatoms. The number of ether oxygens (including phenoxy) is 2. The number of benzene rings is 1. The fourth-order valence-electron chi connectivity index (χ4n) is 0.883. The molecule has 0 aromatic heterocycles. The molecule has 0 radical (unpaired) electrons. The summed E-state index contributed by atoms with van der Waals surface area (Å²) in [6.45, 7) is 4.92. The van der Waals surface area contributed by atoms with Crippen molar-refractivity contribution in [3.63, 3.8) is 0 Å². The predicted molar refractivity (Wildman–Crippen MR) is 50.3 cm³/mol. The average molecular weight is 212 g/mol. The fourth-order valence-corrected chi connectivity index (χ4v) is 0.883. The number of hydrogen-bond donors (Lipinski definition) is 1. The maximum atomic E-state index is 8.18. The van der Waals surface area contributed by atoms with Crippen LogP contribution in [0.25, 0.3) is 0 Å². The molecule has 0 saturated heterocycles. The van der Waals surface area contributed by atoms with Gasteiger partial charge in [0.25, 0.3) is 0 Å². The molecule has 82 valence electrons. The number of hydrogen-bond acceptors (Lipinski definition) is 4. The van der Waals surface area contributed by atoms with Crippen LogP contribution < -0.4 is 4.74 Å². The van der Waals surface area contributed by atoms with E-state index in [1.54, 1.807) is 31.4 Å². The van der Waals surface area contributed by atoms with Crippen LogP contribution >= 0.6 is 0 Å². The number of rotatable bonds is 5. The van der Waals surface area contributed by atoms with E-state index >= 15 is 0 Å². The van der Waals surface area contributed by atoms with Crippen molar-refractivity contribution in [2.75, 3.05) is 13.9 Å². The van der Waals surface area contributed by atoms with Crippen LogP contribution in [0.1, 0.15) is 5.56 Å². The summed E-state index contributed by atoms with van der Waals surface area (Å²) in [7, 11) is 1.56. The molecule has 5 nitrogen and oxygen atoms in total. The summed E-state index contributed by atoms with van der Waals surface area (Å²) < 4.78 is 17.4. The van der Waals surface area contributed by atoms with Crippen LogP contribution in [0.2, 0.25) is 0 Å². The summed E-state index contributed by atoms with van der Waals surface area (Å²) in [4.78, 5) is 3.98. The Morgan fingerprint density at radius 1 is 1.27 bits per heavy atom. The van der Waals surface area contributed by atoms with E-state index in [0.717, 1.165) is 11.3 Å². The normalized spacial score (nSPS) is 8.80. The van der Waals surface area contributed by atoms with Crippen LogP contribution in [0.4, 0.5) is 0 Å². The van der Waals surface area contributed by atoms with Crippen LogP contribution in [0, 0.1) is 6.65 Å². The molecule has 0 atom stereocenters. The first-order valence-corrected chi connectivity index (χ1v) is 4.04. The Morgan fingerprint density at radius 3 is 2.33 bits per heavy atom. The van der Waals surface area contributed by atoms with E-state index in [-0.39, 0.29) is 13.4 Å². The molecule has 0 amide bonds. The van der Waals surface area contributed by atoms with E-state index in [4.69, 9.17) is 19.4 Å². The summed E-state index contributed by atoms with van der Waals surface area (Å²) >= 11 is 0. The molecule has 0 heterocycles. The first-order valence-electron chi connectivity index (χ1n) is 4.04. The zero-order valence-electron chi connectivity index (χ0n) is 8.30. The van der Waals surface area contributed by atoms with E-state index in [1.807, 2.05) is 0 Å². The Bertz CT molecular complexity index is 267. The molecule has 0 unspecified atom stereocenters. The standard InChI is InChI=1S/C9H12O4.CO/c1-11-7-12-9-4-2-8(3-5-9)6-13-10;1-2/h2-5,10H,6-7H2,1H3;. The van der Waals surface area contributed by atoms with Crippen molar-refractivity contribution in [2.45, 2.75) is 6.61 Å². The Balaban J connectivity index is 0.000000921. The van der Waals surface area contributed by atoms with Gasteiger partial charge in [-0.15, -0.1) is 0 Å². The molecule has 0 fully saturated rings. The summed E-state index contributed by atoms with van der Waals surface area (Å²) in [5.41, 5.74) is 0.882. The van der Waals surface area contributed by atoms with Gasteiger partial charge in [0.2, 0.25) is 0 Å². The van der Waals surface area contributed by atoms with Crippen LogP contribution in [0.15, 0.2) is 24.3 Å². The first-order chi connectivity index (χ1) is 7.36. The van der Waals surface area contributed by atoms with Gasteiger partial charge in [0.1, 0.15) is 12.4 Å². The van der Waals surface area contributed by atoms with Crippen LogP contribution in [0.5, 0.6) is 5.75 Å². The zero-order chi connectivity index (χ0) is 11.5. The van der Waals surface area contributed by atoms with Gasteiger partial charge in [0, 0.05) is 7.11 Å². The van der Waals surface area contributed by atoms with Gasteiger partial charge in [-0.2, -0.15) is 0 Å². The number of methoxy groups -OCH3 is 1. The van der Waals surface area contributed by atoms with E-state index in [2.05, 4.69) is 11.5 Å². The molecule has 0 aliphatic rings. The van der Waals surface area contributed by atoms with Gasteiger partial charge in [0.05, 0.1) is 0 Å². The van der Waals surface area contributed by atoms with E-state index in [1.165, 1.54) is 0 Å². The average Bonchev–Trinajstić information content (AvgIpc) is 2.31. The second-order valence-corrected chi connectivity index (χ2v) is 2.47. The monoisotopic (exact) mass is 212 g/mol. The second kappa shape index (κ2) is 9.21. The van der Waals surface area contributed by atoms with Crippen LogP contribution in [0.3, 0.4) is 0 Å². The summed E-state index contributed by atoms with van der Waals surface area (Å²) in [5.74, 6) is 0.725. The zero-order valence-corrected chi connectivity index (χ0v) is 8.30. The Labute approximate surface area is 87.8 Å². The van der Waals surface area contributed by atoms with Crippen molar-refractivity contribution < 1.29 is 24.3 Å². The van der Waals surface area contributed by atoms with Gasteiger partial charge in [-0.25, -0.2) is 4.89 Å². The van der Waals surface area contributed by atoms with Gasteiger partial charge in [-0.05, 0) is 17.7 Å². The van der Waals surface area contributed by atoms with Crippen molar-refractivity contribution in [1.82, 2.24) is 0 Å². The van der Waals surface area contributed by atoms with Gasteiger partial charge in [0.15, 0.2) is 6.79 Å². The van der Waals surface area contributed by atoms with Crippen molar-refractivity contribution in [3.8, 4) is 5.75 Å². The molecule has 0 saturated carbocycles. The summed E-state index contributed by atoms with van der Waals surface area (Å²) in [6.07, 6.45) is 0. The van der Waals surface area contributed by atoms with Crippen molar-refractivity contribution in [2.24, 2.45) is 0 Å². The first kappa shape index (κ1) is 13.6. The topological polar surface area (TPSA) is 67.8 Å². The minimum absolute atomic E-state index is 0.185. The SMILES string of the molecule is COCOc1ccc(COO)cc1.[C-]#[O+]. The van der Waals surface area contributed by atoms with Crippen molar-refractivity contribution >= 4 is 0 Å². The third-order valence-corrected chi connectivity index (χ3v) is 1.50. The van der Waals surface area contributed by atoms with Gasteiger partial charge < -0.3 is 9.47 Å². The third-order valence-electron chi connectivity index (χ3n) is 1.50. The predicted octanol–water partition coefficient (Wildman–Crippen LogP) is 1.62. The maximum absolute atomic E-state index is 8.18. The molecule has 0 bridgehead atoms. The van der Waals surface area contributed by atoms with Gasteiger partial charge >= 0.3 is 11.3 Å². The minimum atomic E-state index is 0.185. The molecule has 15 heavy (non-hydrogen) atoms. The second-order valence-electron chi connectivity index (χ2n) is 2.47. The summed E-state index contributed by atoms with van der Waals surface area (Å²) in [5, 5.41) is 8.18. The summed E-state index contributed by atoms with van der Waals surface area (Å²) in [6, 6.07) is 7.18. The van der Waals surface area contributed by atoms with Crippen molar-refractivity contribution in [1.29, 1.82) is 0 Å². The quantitative estimate of drug-likeness (QED) is 0.265. The molecular formula is C10H12O5. The Morgan fingerprint density at radius 2 is 1.87 bits per heavy atom. The van der Waals surface area contributed by atoms with Crippen molar-refractivity contribution in [3.05, 3.63) is 36.5 Å². The van der Waals surface area contributed by atoms with E-state index in [9.17, 15) is 0 Å². The van der Waals surface area contributed by atoms with E-state index < -0.39 is 0 Å². The van der Waals surface area contributed by atoms with Gasteiger partial charge in [-0.1, -0.05) is 12.1 Å². The third kappa shape index (κ3) is 5.85. The van der Waals surface area contributed by atoms with Crippen LogP contribution in [-0.4, -0.2) is 19.2 Å². The van der Waals surface area contributed by atoms with Crippen LogP contribution in [-0.2, 0) is 20.9 Å². The molecule has 0 aliphatic heterocycles. The Hall–Kier alpha value is -1.36. The van der Waals surface area contributed by atoms with E-state index in [0.29, 0.717) is 0 Å². The van der Waals surface area contributed by atoms with Gasteiger partial charge in [-0.3, -0.25) is 5.26 Å². The molecule has 1 aromatic carbocycles. The molecular weight excluding hydrogens is 200 g/mol. The molecule has 1 rings (SSSR count). The molecule has 1 N–H and O–H groups in total. The molecule has 1 aromatic rings. The molecule has 0 spiro atoms.